The second-order valence-corrected chi connectivity index (χ2v) is 30.2. The minimum atomic E-state index is -5.94. The smallest absolute Gasteiger partial charge is 0.542 e. The number of carboxylic acid groups (broad SMARTS) is 2. The second kappa shape index (κ2) is 71.7. The normalized spacial score (nSPS) is 11.9. The molecule has 0 saturated heterocycles. The molecule has 19 N–H and O–H groups in total. The minimum Gasteiger partial charge on any atom is -0.542 e. The Bertz CT molecular complexity index is 2520. The molecule has 0 rings (SSSR count). The van der Waals surface area contributed by atoms with Gasteiger partial charge in [0.05, 0.1) is 52.4 Å². The van der Waals surface area contributed by atoms with E-state index in [-0.39, 0.29) is 106 Å². The van der Waals surface area contributed by atoms with Crippen molar-refractivity contribution in [1.29, 1.82) is 0 Å². The number of aliphatic hydroxyl groups is 8. The van der Waals surface area contributed by atoms with Gasteiger partial charge in [0.1, 0.15) is 79.0 Å². The molecule has 0 saturated carbocycles. The Morgan fingerprint density at radius 1 is 0.523 bits per heavy atom. The summed E-state index contributed by atoms with van der Waals surface area (Å²) in [5.74, 6) is -6.97. The summed E-state index contributed by atoms with van der Waals surface area (Å²) in [5, 5.41) is 92.2. The molecule has 111 heavy (non-hydrogen) atoms. The first-order valence-corrected chi connectivity index (χ1v) is 36.7. The van der Waals surface area contributed by atoms with Crippen molar-refractivity contribution in [2.45, 2.75) is 190 Å². The zero-order valence-corrected chi connectivity index (χ0v) is 71.3. The number of amides is 4. The Hall–Kier alpha value is -6.05. The molecule has 0 fully saturated rings. The van der Waals surface area contributed by atoms with Gasteiger partial charge in [-0.05, 0) is 144 Å². The Labute approximate surface area is 668 Å². The van der Waals surface area contributed by atoms with Gasteiger partial charge in [-0.25, -0.2) is 33.6 Å². The molecule has 0 aromatic rings. The Kier molecular flexibility index (Phi) is 86.7. The summed E-state index contributed by atoms with van der Waals surface area (Å²) in [6, 6.07) is 0. The Morgan fingerprint density at radius 2 is 0.802 bits per heavy atom. The molecule has 3 unspecified atom stereocenters. The number of nitrogens with one attached hydrogen (secondary N) is 4. The van der Waals surface area contributed by atoms with E-state index in [1.54, 1.807) is 132 Å². The van der Waals surface area contributed by atoms with Crippen LogP contribution >= 0.6 is 7.37 Å². The fourth-order valence-electron chi connectivity index (χ4n) is 3.78. The summed E-state index contributed by atoms with van der Waals surface area (Å²) < 4.78 is 152. The molecule has 0 aliphatic carbocycles. The monoisotopic (exact) mass is 1790 g/mol. The maximum atomic E-state index is 11.3. The number of carbonyl (C=O) groups excluding carboxylic acids is 10. The molecule has 658 valence electrons. The molecule has 0 bridgehead atoms. The van der Waals surface area contributed by atoms with E-state index >= 15 is 0 Å². The van der Waals surface area contributed by atoms with Crippen molar-refractivity contribution in [3.05, 3.63) is 24.3 Å². The van der Waals surface area contributed by atoms with Crippen LogP contribution < -0.4 is 101 Å². The third-order valence-corrected chi connectivity index (χ3v) is 9.06. The third-order valence-electron chi connectivity index (χ3n) is 7.42. The number of aliphatic carboxylic acids is 2. The number of halogens is 7. The number of methoxy groups -OCH3 is 1. The number of rotatable bonds is 20. The van der Waals surface area contributed by atoms with Crippen molar-refractivity contribution in [1.82, 2.24) is 21.3 Å². The molecule has 0 aromatic heterocycles. The maximum absolute atomic E-state index is 11.3. The number of hydrogen-bond donors (Lipinski definition) is 15. The van der Waals surface area contributed by atoms with Gasteiger partial charge >= 0.3 is 90.5 Å². The number of hydrogen-bond acceptors (Lipinski definition) is 36. The summed E-state index contributed by atoms with van der Waals surface area (Å²) in [7, 11) is -1.48. The number of alkyl halides is 6. The van der Waals surface area contributed by atoms with Crippen molar-refractivity contribution >= 4 is 73.5 Å². The molecule has 0 spiro atoms. The predicted molar refractivity (Wildman–Crippen MR) is 362 cm³/mol. The van der Waals surface area contributed by atoms with Gasteiger partial charge < -0.3 is 136 Å². The predicted octanol–water partition coefficient (Wildman–Crippen LogP) is -8.80. The van der Waals surface area contributed by atoms with E-state index in [1.807, 2.05) is 0 Å². The van der Waals surface area contributed by atoms with Crippen LogP contribution in [0.3, 0.4) is 0 Å². The number of nitrogens with two attached hydrogens (primary N) is 2. The van der Waals surface area contributed by atoms with Crippen LogP contribution in [0.25, 0.3) is 0 Å². The van der Waals surface area contributed by atoms with Gasteiger partial charge in [-0.3, -0.25) is 32.7 Å². The summed E-state index contributed by atoms with van der Waals surface area (Å²) in [6.07, 6.45) is -10.9. The van der Waals surface area contributed by atoms with E-state index in [2.05, 4.69) is 30.7 Å². The van der Waals surface area contributed by atoms with Crippen LogP contribution in [0.2, 0.25) is 0 Å². The topological polar surface area (TPSA) is 717 Å². The molecule has 0 heterocycles. The molecule has 3 atom stereocenters. The Balaban J connectivity index is -0.0000000876. The van der Waals surface area contributed by atoms with Crippen molar-refractivity contribution < 1.29 is 246 Å². The number of esters is 1. The number of ketones is 2. The average molecular weight is 1790 g/mol. The van der Waals surface area contributed by atoms with E-state index < -0.39 is 159 Å². The summed E-state index contributed by atoms with van der Waals surface area (Å²) in [4.78, 5) is 115. The van der Waals surface area contributed by atoms with Gasteiger partial charge in [-0.1, -0.05) is 12.2 Å². The average Bonchev–Trinajstić information content (AvgIpc) is 0.910. The summed E-state index contributed by atoms with van der Waals surface area (Å²) in [5.41, 5.74) is 6.47. The van der Waals surface area contributed by atoms with Crippen LogP contribution in [0.5, 0.6) is 0 Å². The molecule has 0 aliphatic heterocycles. The first-order chi connectivity index (χ1) is 48.6. The van der Waals surface area contributed by atoms with Crippen LogP contribution in [0.15, 0.2) is 24.3 Å². The van der Waals surface area contributed by atoms with Gasteiger partial charge in [0.2, 0.25) is 7.37 Å². The van der Waals surface area contributed by atoms with E-state index in [0.29, 0.717) is 13.2 Å². The number of aliphatic hydroxyl groups excluding tert-OH is 8. The van der Waals surface area contributed by atoms with Crippen LogP contribution in [-0.4, -0.2) is 281 Å². The van der Waals surface area contributed by atoms with Crippen LogP contribution in [0.1, 0.15) is 132 Å². The fourth-order valence-corrected chi connectivity index (χ4v) is 5.01. The van der Waals surface area contributed by atoms with Crippen LogP contribution in [0.4, 0.5) is 55.1 Å². The van der Waals surface area contributed by atoms with Gasteiger partial charge in [0, 0.05) is 45.9 Å². The van der Waals surface area contributed by atoms with E-state index in [1.165, 1.54) is 38.1 Å². The quantitative estimate of drug-likeness (QED) is 0.00787. The van der Waals surface area contributed by atoms with Crippen molar-refractivity contribution in [2.24, 2.45) is 11.5 Å². The standard InChI is InChI=1S/C10H17NO4.C10H18O5.C8H17NO4.2C7H15NO3.C6H13O4P.C5H9NO2.C3H9NO2.2C2HF3O2.IO4.Na.H2O/c1-10(2,3)15-9(14)11-6-4-5-8(13)7-12;1-9(2,3)14-7(11)13-8(12)15-10(4,5)6;1-8(2,3)13-7(12)9-4-6(11)5-10;2*1-7(2,3)11-6(10)8-4-5-9;1-4-10-11(3,8)5-6(7)9-2;6-3-1-2-5(8)4-7;4-1-3(6)2-5;2*3-2(4,5)1(6)7;2-1(3,4)5;;/h4-5,12H,6-7H2,1-3H3,(H,11,14);1-6H3;6,10-11H,4-5H2,1-3H3,(H,9,12);2*9H,4-5H2,1-3H3,(H,8,10);4-5H2,1-3H3;1-2,7H,3-4,6H2;3,5-6H,1-2,4H2;2*(H,6,7);;;1H2/q;;;;;;;;;;-1;+1;/p-1/b5-4+;;;;;;2-1+;;;;;;. The largest absolute Gasteiger partial charge is 1.00 e. The van der Waals surface area contributed by atoms with Crippen molar-refractivity contribution in [3.8, 4) is 0 Å². The zero-order chi connectivity index (χ0) is 89.4. The third kappa shape index (κ3) is 150. The van der Waals surface area contributed by atoms with Crippen LogP contribution in [-0.2, 0) is 71.0 Å². The summed E-state index contributed by atoms with van der Waals surface area (Å²) >= 11 is -5.94. The number of carbonyl (C=O) groups is 11. The molecular formula is C60H116F6IN6NaO36P-. The van der Waals surface area contributed by atoms with Gasteiger partial charge in [-0.2, -0.15) is 26.3 Å². The first kappa shape index (κ1) is 134. The summed E-state index contributed by atoms with van der Waals surface area (Å²) in [6.45, 7) is 34.2. The van der Waals surface area contributed by atoms with Crippen LogP contribution in [0, 0.1) is 0 Å². The molecule has 0 aromatic carbocycles. The number of carboxylic acids is 2. The van der Waals surface area contributed by atoms with Gasteiger partial charge in [0.25, 0.3) is 0 Å². The molecule has 0 aliphatic rings. The first-order valence-electron chi connectivity index (χ1n) is 30.9. The van der Waals surface area contributed by atoms with E-state index in [9.17, 15) is 74.1 Å². The van der Waals surface area contributed by atoms with Crippen molar-refractivity contribution in [2.75, 3.05) is 105 Å². The Morgan fingerprint density at radius 3 is 1.01 bits per heavy atom. The van der Waals surface area contributed by atoms with Gasteiger partial charge in [0.15, 0.2) is 11.6 Å². The SMILES string of the molecule is CC(C)(C)OC(=O)NC/C=C/C(=O)CO.CC(C)(C)OC(=O)NCC(O)CO.CC(C)(C)OC(=O)NCCO.CC(C)(C)OC(=O)NCCO.CC(C)(C)OC(=O)OC(=O)OC(C)(C)C.CCOP(C)(=O)CC(=O)OC.NC/C=C/C(=O)CO.NCC(O)CO.O.O=C(O)C(F)(F)F.O=C([O-])C(F)(F)F.[Na+].[O-][I+3]([O-])([O-])[O-]. The zero-order valence-electron chi connectivity index (χ0n) is 66.3. The van der Waals surface area contributed by atoms with Crippen molar-refractivity contribution in [3.63, 3.8) is 0 Å². The van der Waals surface area contributed by atoms with Gasteiger partial charge in [-0.15, -0.1) is 0 Å². The maximum Gasteiger partial charge on any atom is 1.00 e. The van der Waals surface area contributed by atoms with E-state index in [4.69, 9.17) is 119 Å². The van der Waals surface area contributed by atoms with E-state index in [0.717, 1.165) is 0 Å². The molecule has 4 amide bonds. The minimum absolute atomic E-state index is 0. The number of ether oxygens (including phenoxy) is 8. The second-order valence-electron chi connectivity index (χ2n) is 25.4. The molecule has 42 nitrogen and oxygen atoms in total. The number of alkyl carbamates (subject to hydrolysis) is 4. The fraction of sp³-hybridized carbons (Fsp3) is 0.750. The molecule has 0 radical (unpaired) electrons. The molecule has 51 heteroatoms. The molecular weight excluding hydrogens is 1680 g/mol.